The number of nitrogens with two attached hydrogens (primary N) is 1. The molecule has 0 aromatic heterocycles. The van der Waals surface area contributed by atoms with Crippen molar-refractivity contribution in [1.82, 2.24) is 21.3 Å². The fraction of sp³-hybridized carbons (Fsp3) is 0.350. The number of carbonyl (C=O) groups excluding carboxylic acids is 10. The Morgan fingerprint density at radius 1 is 0.700 bits per heavy atom. The summed E-state index contributed by atoms with van der Waals surface area (Å²) in [5, 5.41) is 76.9. The van der Waals surface area contributed by atoms with Crippen LogP contribution in [0.1, 0.15) is 50.7 Å². The molecule has 0 aliphatic heterocycles. The monoisotopic (exact) mass is 1020 g/mol. The molecule has 0 heterocycles. The zero-order valence-electron chi connectivity index (χ0n) is 37.6. The van der Waals surface area contributed by atoms with Crippen molar-refractivity contribution >= 4 is 119 Å². The first-order chi connectivity index (χ1) is 33.0. The van der Waals surface area contributed by atoms with Crippen LogP contribution in [0.3, 0.4) is 0 Å². The van der Waals surface area contributed by atoms with Crippen molar-refractivity contribution in [1.29, 1.82) is 5.41 Å². The van der Waals surface area contributed by atoms with E-state index in [9.17, 15) is 68.4 Å². The molecule has 2 aromatic carbocycles. The van der Waals surface area contributed by atoms with E-state index in [0.717, 1.165) is 23.0 Å². The molecule has 4 atom stereocenters. The van der Waals surface area contributed by atoms with Crippen molar-refractivity contribution in [2.75, 3.05) is 35.2 Å². The van der Waals surface area contributed by atoms with Gasteiger partial charge in [-0.05, 0) is 35.4 Å². The molecule has 0 saturated heterocycles. The number of carbonyl (C=O) groups is 10. The first-order valence-corrected chi connectivity index (χ1v) is 21.7. The number of carboxylic acids is 4. The molecular formula is C40H52N14O14S2-2. The molecular weight excluding hydrogens is 965 g/mol. The highest BCUT2D eigenvalue weighted by molar-refractivity contribution is 8.13. The summed E-state index contributed by atoms with van der Waals surface area (Å²) < 4.78 is 0. The maximum atomic E-state index is 12.3. The third-order valence-corrected chi connectivity index (χ3v) is 9.19. The van der Waals surface area contributed by atoms with Crippen LogP contribution in [0, 0.1) is 5.41 Å². The van der Waals surface area contributed by atoms with Crippen LogP contribution in [0.2, 0.25) is 0 Å². The van der Waals surface area contributed by atoms with Crippen LogP contribution in [-0.2, 0) is 47.9 Å². The summed E-state index contributed by atoms with van der Waals surface area (Å²) in [6.45, 7) is 1.40. The minimum Gasteiger partial charge on any atom is -0.548 e. The highest BCUT2D eigenvalue weighted by Crippen LogP contribution is 2.10. The van der Waals surface area contributed by atoms with E-state index in [2.05, 4.69) is 71.1 Å². The maximum Gasteiger partial charge on any atom is 0.243 e. The summed E-state index contributed by atoms with van der Waals surface area (Å²) in [5.74, 6) is -8.97. The predicted molar refractivity (Wildman–Crippen MR) is 246 cm³/mol. The summed E-state index contributed by atoms with van der Waals surface area (Å²) >= 11 is 4.73. The number of hydrogen-bond donors (Lipinski definition) is 11. The number of quaternary nitrogens is 2. The summed E-state index contributed by atoms with van der Waals surface area (Å²) in [4.78, 5) is 111. The highest BCUT2D eigenvalue weighted by Gasteiger charge is 2.23. The van der Waals surface area contributed by atoms with Gasteiger partial charge in [-0.15, -0.1) is 10.2 Å². The van der Waals surface area contributed by atoms with E-state index in [0.29, 0.717) is 11.3 Å². The third-order valence-electron chi connectivity index (χ3n) is 7.94. The van der Waals surface area contributed by atoms with Gasteiger partial charge >= 0.3 is 0 Å². The summed E-state index contributed by atoms with van der Waals surface area (Å²) in [5.41, 5.74) is 15.3. The number of carboxylic acid groups (broad SMARTS) is 4. The Morgan fingerprint density at radius 3 is 1.47 bits per heavy atom. The van der Waals surface area contributed by atoms with E-state index in [4.69, 9.17) is 11.1 Å². The predicted octanol–water partition coefficient (Wildman–Crippen LogP) is -8.34. The number of amides is 6. The number of hydrogen-bond acceptors (Lipinski definition) is 21. The molecule has 0 bridgehead atoms. The van der Waals surface area contributed by atoms with E-state index < -0.39 is 84.8 Å². The molecule has 70 heavy (non-hydrogen) atoms. The molecule has 0 saturated carbocycles. The molecule has 0 radical (unpaired) electrons. The second kappa shape index (κ2) is 35.1. The lowest BCUT2D eigenvalue weighted by Gasteiger charge is -2.18. The van der Waals surface area contributed by atoms with E-state index in [1.807, 2.05) is 5.32 Å². The van der Waals surface area contributed by atoms with Crippen LogP contribution in [0.15, 0.2) is 68.9 Å². The number of anilines is 2. The molecule has 0 aliphatic carbocycles. The van der Waals surface area contributed by atoms with E-state index in [-0.39, 0.29) is 54.2 Å². The molecule has 2 rings (SSSR count). The Bertz CT molecular complexity index is 2260. The first kappa shape index (κ1) is 61.9. The normalized spacial score (nSPS) is 12.3. The molecule has 380 valence electrons. The zero-order chi connectivity index (χ0) is 53.2. The Balaban J connectivity index is 0.00000114. The van der Waals surface area contributed by atoms with Gasteiger partial charge in [-0.2, -0.15) is 17.7 Å². The van der Waals surface area contributed by atoms with Crippen LogP contribution >= 0.6 is 24.4 Å². The summed E-state index contributed by atoms with van der Waals surface area (Å²) in [7, 11) is 0. The van der Waals surface area contributed by atoms with Gasteiger partial charge in [-0.3, -0.25) is 28.8 Å². The largest absolute Gasteiger partial charge is 0.548 e. The van der Waals surface area contributed by atoms with Gasteiger partial charge in [-0.1, -0.05) is 41.1 Å². The smallest absolute Gasteiger partial charge is 0.243 e. The highest BCUT2D eigenvalue weighted by atomic mass is 32.2. The van der Waals surface area contributed by atoms with Crippen LogP contribution in [0.5, 0.6) is 0 Å². The Labute approximate surface area is 408 Å². The lowest BCUT2D eigenvalue weighted by Crippen LogP contribution is -2.68. The number of amidine groups is 1. The molecule has 0 fully saturated rings. The third kappa shape index (κ3) is 31.0. The average molecular weight is 1020 g/mol. The number of rotatable bonds is 25. The van der Waals surface area contributed by atoms with Gasteiger partial charge in [0.2, 0.25) is 35.4 Å². The van der Waals surface area contributed by atoms with Gasteiger partial charge in [0.1, 0.15) is 30.2 Å². The number of benzene rings is 2. The Hall–Kier alpha value is -8.05. The summed E-state index contributed by atoms with van der Waals surface area (Å²) in [6.07, 6.45) is 2.36. The number of nitrogens with one attached hydrogen (secondary N) is 7. The number of thioether (sulfide) groups is 1. The van der Waals surface area contributed by atoms with Gasteiger partial charge in [-0.25, -0.2) is 5.41 Å². The van der Waals surface area contributed by atoms with Crippen molar-refractivity contribution in [3.05, 3.63) is 59.7 Å². The average Bonchev–Trinajstić information content (AvgIpc) is 3.30. The molecule has 2 aromatic rings. The van der Waals surface area contributed by atoms with Gasteiger partial charge < -0.3 is 88.7 Å². The second-order valence-corrected chi connectivity index (χ2v) is 15.2. The minimum atomic E-state index is -1.52. The van der Waals surface area contributed by atoms with E-state index in [1.165, 1.54) is 26.3 Å². The molecule has 30 heteroatoms. The fourth-order valence-corrected chi connectivity index (χ4v) is 5.44. The molecule has 0 spiro atoms. The van der Waals surface area contributed by atoms with Crippen molar-refractivity contribution in [2.24, 2.45) is 26.1 Å². The number of thiol groups is 1. The van der Waals surface area contributed by atoms with E-state index in [1.54, 1.807) is 54.5 Å². The molecule has 0 unspecified atom stereocenters. The zero-order valence-corrected chi connectivity index (χ0v) is 39.3. The lowest BCUT2D eigenvalue weighted by molar-refractivity contribution is -0.438. The van der Waals surface area contributed by atoms with Crippen molar-refractivity contribution < 1.29 is 79.8 Å². The molecule has 15 N–H and O–H groups in total. The Kier molecular flexibility index (Phi) is 31.1. The van der Waals surface area contributed by atoms with Crippen LogP contribution < -0.4 is 69.5 Å². The maximum absolute atomic E-state index is 12.3. The molecule has 6 amide bonds. The lowest BCUT2D eigenvalue weighted by atomic mass is 10.1. The van der Waals surface area contributed by atoms with Gasteiger partial charge in [0.25, 0.3) is 0 Å². The number of nitrogens with zero attached hydrogens (tertiary/aromatic N) is 4. The first-order valence-electron chi connectivity index (χ1n) is 20.1. The fourth-order valence-electron chi connectivity index (χ4n) is 4.51. The topological polar surface area (TPSA) is 490 Å². The Morgan fingerprint density at radius 2 is 1.10 bits per heavy atom. The number of aliphatic carboxylic acids is 4. The molecule has 28 nitrogen and oxygen atoms in total. The second-order valence-electron chi connectivity index (χ2n) is 13.8. The van der Waals surface area contributed by atoms with Gasteiger partial charge in [0.15, 0.2) is 5.17 Å². The SMILES string of the molecule is CC(=O)Nc1ccc(/C=N/N=C(/N)SC[C@H](NC(=O)CC[C@H]([NH3+])C(=O)[O-])C(=O)NCC(=O)[O-])cc1.CC(=O)Nc1ccc(/C=N/N=C=N)cc1.[NH3+][C@@H](CCC(=O)N[C@@H](CS)C(=O)NCC(=O)[O-])C(=O)[O-]. The summed E-state index contributed by atoms with van der Waals surface area (Å²) in [6, 6.07) is 11.3. The van der Waals surface area contributed by atoms with Crippen molar-refractivity contribution in [2.45, 2.75) is 63.7 Å². The molecule has 0 aliphatic rings. The minimum absolute atomic E-state index is 0.0336. The van der Waals surface area contributed by atoms with Crippen LogP contribution in [0.25, 0.3) is 0 Å². The quantitative estimate of drug-likeness (QED) is 0.0190. The standard InChI is InChI=1S/C20H27N7O7S.C10H10N4O.C10H17N3O6S/c1-11(28)25-13-4-2-12(3-5-13)8-24-27-20(22)35-10-15(18(32)23-9-17(30)31)26-16(29)7-6-14(21)19(33)34;1-8(15)14-10-4-2-9(3-5-10)6-12-13-7-11;11-5(10(18)19)1-2-7(14)13-6(4-20)9(17)12-3-8(15)16/h2-5,8,14-15H,6-7,9-10,21H2,1H3,(H2,22,27)(H,23,32)(H,25,28)(H,26,29)(H,30,31)(H,33,34);2-6,11H,1H3,(H,14,15);5-6,20H,1-4,11H2,(H,12,17)(H,13,14)(H,15,16)(H,18,19)/p-2/b24-8+;12-6+;/t14-,15-;;5-,6-/m0.0/s1. The van der Waals surface area contributed by atoms with Crippen molar-refractivity contribution in [3.8, 4) is 0 Å². The van der Waals surface area contributed by atoms with Crippen LogP contribution in [-0.4, -0.2) is 132 Å². The van der Waals surface area contributed by atoms with Crippen molar-refractivity contribution in [3.63, 3.8) is 0 Å². The van der Waals surface area contributed by atoms with E-state index >= 15 is 0 Å². The van der Waals surface area contributed by atoms with Gasteiger partial charge in [0.05, 0.1) is 49.4 Å². The van der Waals surface area contributed by atoms with Crippen LogP contribution in [0.4, 0.5) is 11.4 Å². The van der Waals surface area contributed by atoms with Gasteiger partial charge in [0, 0.05) is 62.4 Å².